The number of nitrogens with zero attached hydrogens (tertiary/aromatic N) is 4. The molecule has 1 saturated heterocycles. The summed E-state index contributed by atoms with van der Waals surface area (Å²) in [5.74, 6) is 1.38. The molecule has 0 saturated carbocycles. The fourth-order valence-electron chi connectivity index (χ4n) is 3.30. The van der Waals surface area contributed by atoms with Crippen LogP contribution in [0.3, 0.4) is 0 Å². The number of anilines is 1. The number of hydrogen-bond donors (Lipinski definition) is 0. The molecule has 0 spiro atoms. The molecule has 3 aromatic rings. The molecule has 0 amide bonds. The number of alkyl halides is 3. The third-order valence-electron chi connectivity index (χ3n) is 4.76. The molecule has 0 N–H and O–H groups in total. The van der Waals surface area contributed by atoms with Crippen LogP contribution in [-0.2, 0) is 6.18 Å². The van der Waals surface area contributed by atoms with Gasteiger partial charge in [0.25, 0.3) is 0 Å². The highest BCUT2D eigenvalue weighted by Gasteiger charge is 2.35. The lowest BCUT2D eigenvalue weighted by Crippen LogP contribution is -2.39. The van der Waals surface area contributed by atoms with Crippen molar-refractivity contribution in [3.63, 3.8) is 0 Å². The Kier molecular flexibility index (Phi) is 4.93. The van der Waals surface area contributed by atoms with Crippen LogP contribution in [-0.4, -0.2) is 34.0 Å². The van der Waals surface area contributed by atoms with Crippen LogP contribution in [0, 0.1) is 0 Å². The van der Waals surface area contributed by atoms with Gasteiger partial charge in [-0.2, -0.15) is 13.2 Å². The largest absolute Gasteiger partial charge is 0.490 e. The molecular formula is C20H19F3N4O. The second-order valence-electron chi connectivity index (χ2n) is 6.64. The normalized spacial score (nSPS) is 15.6. The molecule has 1 fully saturated rings. The molecule has 1 aliphatic heterocycles. The van der Waals surface area contributed by atoms with E-state index in [1.165, 1.54) is 12.1 Å². The molecule has 1 aromatic carbocycles. The highest BCUT2D eigenvalue weighted by Crippen LogP contribution is 2.37. The Labute approximate surface area is 160 Å². The van der Waals surface area contributed by atoms with E-state index in [9.17, 15) is 13.2 Å². The molecule has 146 valence electrons. The minimum absolute atomic E-state index is 0.107. The van der Waals surface area contributed by atoms with E-state index in [0.29, 0.717) is 25.9 Å². The molecule has 3 heterocycles. The minimum atomic E-state index is -4.42. The molecule has 2 aromatic heterocycles. The highest BCUT2D eigenvalue weighted by atomic mass is 19.4. The summed E-state index contributed by atoms with van der Waals surface area (Å²) in [6, 6.07) is 13.0. The predicted octanol–water partition coefficient (Wildman–Crippen LogP) is 4.33. The first kappa shape index (κ1) is 18.3. The van der Waals surface area contributed by atoms with Crippen molar-refractivity contribution in [2.24, 2.45) is 0 Å². The molecule has 0 atom stereocenters. The van der Waals surface area contributed by atoms with Crippen LogP contribution in [0.2, 0.25) is 0 Å². The molecule has 0 radical (unpaired) electrons. The lowest BCUT2D eigenvalue weighted by molar-refractivity contribution is -0.139. The second-order valence-corrected chi connectivity index (χ2v) is 6.64. The van der Waals surface area contributed by atoms with Gasteiger partial charge in [-0.05, 0) is 36.4 Å². The molecule has 4 rings (SSSR count). The van der Waals surface area contributed by atoms with Gasteiger partial charge < -0.3 is 14.2 Å². The van der Waals surface area contributed by atoms with Gasteiger partial charge in [0.05, 0.1) is 5.56 Å². The first-order valence-corrected chi connectivity index (χ1v) is 9.05. The van der Waals surface area contributed by atoms with Crippen LogP contribution < -0.4 is 9.64 Å². The number of rotatable bonds is 4. The highest BCUT2D eigenvalue weighted by molar-refractivity contribution is 5.41. The van der Waals surface area contributed by atoms with E-state index < -0.39 is 11.7 Å². The number of piperidine rings is 1. The maximum Gasteiger partial charge on any atom is 0.419 e. The van der Waals surface area contributed by atoms with Gasteiger partial charge in [0.1, 0.15) is 11.9 Å². The van der Waals surface area contributed by atoms with Crippen molar-refractivity contribution in [2.45, 2.75) is 25.1 Å². The Morgan fingerprint density at radius 2 is 1.50 bits per heavy atom. The van der Waals surface area contributed by atoms with Crippen LogP contribution in [0.25, 0.3) is 5.82 Å². The predicted molar refractivity (Wildman–Crippen MR) is 98.7 cm³/mol. The van der Waals surface area contributed by atoms with Gasteiger partial charge in [0, 0.05) is 38.3 Å². The lowest BCUT2D eigenvalue weighted by atomic mass is 10.1. The van der Waals surface area contributed by atoms with Crippen LogP contribution in [0.5, 0.6) is 5.75 Å². The Bertz CT molecular complexity index is 902. The van der Waals surface area contributed by atoms with Crippen molar-refractivity contribution in [1.82, 2.24) is 14.8 Å². The van der Waals surface area contributed by atoms with E-state index in [2.05, 4.69) is 15.1 Å². The SMILES string of the molecule is FC(F)(F)c1ccccc1OC1CCN(c2ccc(-n3cccc3)nn2)CC1. The van der Waals surface area contributed by atoms with Crippen molar-refractivity contribution in [3.05, 3.63) is 66.5 Å². The van der Waals surface area contributed by atoms with E-state index in [-0.39, 0.29) is 11.9 Å². The smallest absolute Gasteiger partial charge is 0.419 e. The molecule has 0 unspecified atom stereocenters. The number of halogens is 3. The molecule has 5 nitrogen and oxygen atoms in total. The Balaban J connectivity index is 1.38. The number of hydrogen-bond acceptors (Lipinski definition) is 4. The van der Waals surface area contributed by atoms with Gasteiger partial charge in [-0.25, -0.2) is 0 Å². The monoisotopic (exact) mass is 388 g/mol. The van der Waals surface area contributed by atoms with Crippen LogP contribution >= 0.6 is 0 Å². The van der Waals surface area contributed by atoms with Gasteiger partial charge >= 0.3 is 6.18 Å². The van der Waals surface area contributed by atoms with Gasteiger partial charge in [-0.1, -0.05) is 12.1 Å². The molecule has 0 aliphatic carbocycles. The Morgan fingerprint density at radius 3 is 2.14 bits per heavy atom. The zero-order chi connectivity index (χ0) is 19.6. The van der Waals surface area contributed by atoms with E-state index in [1.54, 1.807) is 6.07 Å². The molecule has 28 heavy (non-hydrogen) atoms. The van der Waals surface area contributed by atoms with Gasteiger partial charge in [0.15, 0.2) is 11.6 Å². The molecule has 0 bridgehead atoms. The van der Waals surface area contributed by atoms with Gasteiger partial charge in [-0.15, -0.1) is 10.2 Å². The molecule has 8 heteroatoms. The summed E-state index contributed by atoms with van der Waals surface area (Å²) in [6.07, 6.45) is 0.345. The summed E-state index contributed by atoms with van der Waals surface area (Å²) < 4.78 is 46.9. The van der Waals surface area contributed by atoms with Crippen molar-refractivity contribution >= 4 is 5.82 Å². The van der Waals surface area contributed by atoms with Crippen molar-refractivity contribution in [3.8, 4) is 11.6 Å². The fraction of sp³-hybridized carbons (Fsp3) is 0.300. The average Bonchev–Trinajstić information content (AvgIpc) is 3.23. The van der Waals surface area contributed by atoms with Gasteiger partial charge in [0.2, 0.25) is 0 Å². The zero-order valence-corrected chi connectivity index (χ0v) is 15.0. The molecular weight excluding hydrogens is 369 g/mol. The van der Waals surface area contributed by atoms with E-state index in [4.69, 9.17) is 4.74 Å². The lowest BCUT2D eigenvalue weighted by Gasteiger charge is -2.33. The maximum absolute atomic E-state index is 13.1. The summed E-state index contributed by atoms with van der Waals surface area (Å²) >= 11 is 0. The van der Waals surface area contributed by atoms with Crippen molar-refractivity contribution < 1.29 is 17.9 Å². The minimum Gasteiger partial charge on any atom is -0.490 e. The first-order chi connectivity index (χ1) is 13.5. The van der Waals surface area contributed by atoms with Crippen molar-refractivity contribution in [2.75, 3.05) is 18.0 Å². The summed E-state index contributed by atoms with van der Waals surface area (Å²) in [6.45, 7) is 1.30. The van der Waals surface area contributed by atoms with Crippen molar-refractivity contribution in [1.29, 1.82) is 0 Å². The second kappa shape index (κ2) is 7.53. The molecule has 1 aliphatic rings. The number of benzene rings is 1. The number of para-hydroxylation sites is 1. The summed E-state index contributed by atoms with van der Waals surface area (Å²) in [5.41, 5.74) is -0.733. The topological polar surface area (TPSA) is 43.2 Å². The third-order valence-corrected chi connectivity index (χ3v) is 4.76. The summed E-state index contributed by atoms with van der Waals surface area (Å²) in [4.78, 5) is 2.07. The Morgan fingerprint density at radius 1 is 0.857 bits per heavy atom. The summed E-state index contributed by atoms with van der Waals surface area (Å²) in [5, 5.41) is 8.52. The van der Waals surface area contributed by atoms with Crippen LogP contribution in [0.15, 0.2) is 60.9 Å². The first-order valence-electron chi connectivity index (χ1n) is 9.05. The quantitative estimate of drug-likeness (QED) is 0.667. The average molecular weight is 388 g/mol. The van der Waals surface area contributed by atoms with E-state index in [0.717, 1.165) is 17.7 Å². The third kappa shape index (κ3) is 3.95. The zero-order valence-electron chi connectivity index (χ0n) is 15.0. The van der Waals surface area contributed by atoms with Crippen LogP contribution in [0.4, 0.5) is 19.0 Å². The van der Waals surface area contributed by atoms with E-state index >= 15 is 0 Å². The van der Waals surface area contributed by atoms with Crippen LogP contribution in [0.1, 0.15) is 18.4 Å². The number of aromatic nitrogens is 3. The summed E-state index contributed by atoms with van der Waals surface area (Å²) in [7, 11) is 0. The Hall–Kier alpha value is -3.03. The van der Waals surface area contributed by atoms with Gasteiger partial charge in [-0.3, -0.25) is 0 Å². The maximum atomic E-state index is 13.1. The standard InChI is InChI=1S/C20H19F3N4O/c21-20(22,23)16-5-1-2-6-17(16)28-15-9-13-27(14-10-15)19-8-7-18(24-25-19)26-11-3-4-12-26/h1-8,11-12,15H,9-10,13-14H2. The number of ether oxygens (including phenoxy) is 1. The fourth-order valence-corrected chi connectivity index (χ4v) is 3.30. The van der Waals surface area contributed by atoms with E-state index in [1.807, 2.05) is 41.2 Å².